The van der Waals surface area contributed by atoms with Gasteiger partial charge in [-0.25, -0.2) is 15.0 Å². The second-order valence-corrected chi connectivity index (χ2v) is 6.56. The summed E-state index contributed by atoms with van der Waals surface area (Å²) in [7, 11) is 1.80. The minimum atomic E-state index is -0.269. The van der Waals surface area contributed by atoms with Crippen molar-refractivity contribution in [3.63, 3.8) is 0 Å². The summed E-state index contributed by atoms with van der Waals surface area (Å²) in [4.78, 5) is 27.8. The Hall–Kier alpha value is -3.10. The molecular formula is C17H20N8O. The lowest BCUT2D eigenvalue weighted by atomic mass is 10.2. The van der Waals surface area contributed by atoms with Crippen LogP contribution in [0.4, 0.5) is 0 Å². The number of aromatic nitrogens is 7. The van der Waals surface area contributed by atoms with E-state index in [0.717, 1.165) is 12.8 Å². The molecule has 0 N–H and O–H groups in total. The third kappa shape index (κ3) is 3.19. The molecule has 9 nitrogen and oxygen atoms in total. The van der Waals surface area contributed by atoms with Crippen molar-refractivity contribution < 1.29 is 4.79 Å². The highest BCUT2D eigenvalue weighted by atomic mass is 16.2. The summed E-state index contributed by atoms with van der Waals surface area (Å²) in [6.45, 7) is 2.65. The maximum atomic E-state index is 13.1. The summed E-state index contributed by atoms with van der Waals surface area (Å²) in [6, 6.07) is 1.48. The maximum absolute atomic E-state index is 13.1. The lowest BCUT2D eigenvalue weighted by Gasteiger charge is -2.28. The SMILES string of the molecule is CC(c1ncnn1-c1ncccn1)N(CC1CC1)C(=O)c1cnn(C)c1. The molecule has 0 radical (unpaired) electrons. The number of amides is 1. The van der Waals surface area contributed by atoms with Gasteiger partial charge in [-0.2, -0.15) is 14.9 Å². The van der Waals surface area contributed by atoms with Crippen molar-refractivity contribution in [2.45, 2.75) is 25.8 Å². The van der Waals surface area contributed by atoms with Crippen molar-refractivity contribution in [3.8, 4) is 5.95 Å². The van der Waals surface area contributed by atoms with Gasteiger partial charge < -0.3 is 4.90 Å². The topological polar surface area (TPSA) is 94.6 Å². The van der Waals surface area contributed by atoms with Crippen molar-refractivity contribution in [2.24, 2.45) is 13.0 Å². The van der Waals surface area contributed by atoms with E-state index in [9.17, 15) is 4.79 Å². The molecule has 1 fully saturated rings. The number of nitrogens with zero attached hydrogens (tertiary/aromatic N) is 8. The zero-order chi connectivity index (χ0) is 18.1. The van der Waals surface area contributed by atoms with Gasteiger partial charge in [0.2, 0.25) is 0 Å². The summed E-state index contributed by atoms with van der Waals surface area (Å²) >= 11 is 0. The van der Waals surface area contributed by atoms with Gasteiger partial charge >= 0.3 is 0 Å². The van der Waals surface area contributed by atoms with Crippen LogP contribution in [0.2, 0.25) is 0 Å². The van der Waals surface area contributed by atoms with Crippen LogP contribution in [0.25, 0.3) is 5.95 Å². The molecule has 1 aliphatic rings. The Balaban J connectivity index is 1.66. The van der Waals surface area contributed by atoms with E-state index in [-0.39, 0.29) is 11.9 Å². The molecule has 1 aliphatic carbocycles. The average molecular weight is 352 g/mol. The first-order chi connectivity index (χ1) is 12.6. The molecular weight excluding hydrogens is 332 g/mol. The van der Waals surface area contributed by atoms with E-state index in [1.807, 2.05) is 11.8 Å². The van der Waals surface area contributed by atoms with Gasteiger partial charge in [0, 0.05) is 32.2 Å². The molecule has 0 aromatic carbocycles. The predicted molar refractivity (Wildman–Crippen MR) is 92.3 cm³/mol. The van der Waals surface area contributed by atoms with Gasteiger partial charge in [-0.3, -0.25) is 9.48 Å². The fraction of sp³-hybridized carbons (Fsp3) is 0.412. The molecule has 1 amide bonds. The molecule has 0 aliphatic heterocycles. The zero-order valence-electron chi connectivity index (χ0n) is 14.7. The lowest BCUT2D eigenvalue weighted by molar-refractivity contribution is 0.0670. The second kappa shape index (κ2) is 6.66. The van der Waals surface area contributed by atoms with Crippen LogP contribution in [0.5, 0.6) is 0 Å². The molecule has 3 aromatic rings. The van der Waals surface area contributed by atoms with Gasteiger partial charge in [0.25, 0.3) is 11.9 Å². The Morgan fingerprint density at radius 1 is 1.27 bits per heavy atom. The first kappa shape index (κ1) is 16.4. The molecule has 3 aromatic heterocycles. The van der Waals surface area contributed by atoms with Crippen molar-refractivity contribution in [1.29, 1.82) is 0 Å². The molecule has 1 saturated carbocycles. The fourth-order valence-electron chi connectivity index (χ4n) is 2.92. The van der Waals surface area contributed by atoms with Crippen LogP contribution in [0.3, 0.4) is 0 Å². The number of aryl methyl sites for hydroxylation is 1. The highest BCUT2D eigenvalue weighted by molar-refractivity contribution is 5.94. The van der Waals surface area contributed by atoms with E-state index in [1.54, 1.807) is 47.3 Å². The summed E-state index contributed by atoms with van der Waals surface area (Å²) in [5, 5.41) is 8.37. The second-order valence-electron chi connectivity index (χ2n) is 6.56. The van der Waals surface area contributed by atoms with Gasteiger partial charge in [-0.05, 0) is 31.7 Å². The third-order valence-corrected chi connectivity index (χ3v) is 4.52. The van der Waals surface area contributed by atoms with E-state index in [1.165, 1.54) is 6.33 Å². The quantitative estimate of drug-likeness (QED) is 0.666. The molecule has 9 heteroatoms. The van der Waals surface area contributed by atoms with E-state index >= 15 is 0 Å². The zero-order valence-corrected chi connectivity index (χ0v) is 14.7. The maximum Gasteiger partial charge on any atom is 0.257 e. The third-order valence-electron chi connectivity index (χ3n) is 4.52. The van der Waals surface area contributed by atoms with Gasteiger partial charge in [0.1, 0.15) is 6.33 Å². The van der Waals surface area contributed by atoms with Crippen LogP contribution >= 0.6 is 0 Å². The number of carbonyl (C=O) groups is 1. The van der Waals surface area contributed by atoms with Crippen LogP contribution < -0.4 is 0 Å². The summed E-state index contributed by atoms with van der Waals surface area (Å²) < 4.78 is 3.22. The van der Waals surface area contributed by atoms with Crippen LogP contribution in [0, 0.1) is 5.92 Å². The first-order valence-electron chi connectivity index (χ1n) is 8.60. The monoisotopic (exact) mass is 352 g/mol. The van der Waals surface area contributed by atoms with Crippen LogP contribution in [0.1, 0.15) is 42.0 Å². The standard InChI is InChI=1S/C17H20N8O/c1-12(15-20-11-22-25(15)17-18-6-3-7-19-17)24(9-13-4-5-13)16(26)14-8-21-23(2)10-14/h3,6-8,10-13H,4-5,9H2,1-2H3. The van der Waals surface area contributed by atoms with Crippen molar-refractivity contribution in [1.82, 2.24) is 39.4 Å². The lowest BCUT2D eigenvalue weighted by Crippen LogP contribution is -2.36. The van der Waals surface area contributed by atoms with Crippen LogP contribution in [0.15, 0.2) is 37.2 Å². The minimum absolute atomic E-state index is 0.0546. The average Bonchev–Trinajstić information content (AvgIpc) is 3.16. The predicted octanol–water partition coefficient (Wildman–Crippen LogP) is 1.40. The van der Waals surface area contributed by atoms with Crippen LogP contribution in [-0.4, -0.2) is 51.9 Å². The van der Waals surface area contributed by atoms with Crippen molar-refractivity contribution in [2.75, 3.05) is 6.54 Å². The largest absolute Gasteiger partial charge is 0.328 e. The molecule has 3 heterocycles. The molecule has 0 spiro atoms. The summed E-state index contributed by atoms with van der Waals surface area (Å²) in [6.07, 6.45) is 10.4. The minimum Gasteiger partial charge on any atom is -0.328 e. The van der Waals surface area contributed by atoms with Crippen molar-refractivity contribution in [3.05, 3.63) is 48.6 Å². The van der Waals surface area contributed by atoms with Crippen LogP contribution in [-0.2, 0) is 7.05 Å². The van der Waals surface area contributed by atoms with E-state index in [4.69, 9.17) is 0 Å². The van der Waals surface area contributed by atoms with E-state index < -0.39 is 0 Å². The molecule has 1 unspecified atom stereocenters. The van der Waals surface area contributed by atoms with E-state index in [2.05, 4.69) is 25.1 Å². The Kier molecular flexibility index (Phi) is 4.19. The fourth-order valence-corrected chi connectivity index (χ4v) is 2.92. The highest BCUT2D eigenvalue weighted by Gasteiger charge is 2.33. The van der Waals surface area contributed by atoms with Crippen molar-refractivity contribution >= 4 is 5.91 Å². The number of carbonyl (C=O) groups excluding carboxylic acids is 1. The molecule has 4 rings (SSSR count). The molecule has 1 atom stereocenters. The Morgan fingerprint density at radius 2 is 2.04 bits per heavy atom. The number of rotatable bonds is 6. The van der Waals surface area contributed by atoms with Gasteiger partial charge in [0.05, 0.1) is 17.8 Å². The Bertz CT molecular complexity index is 898. The van der Waals surface area contributed by atoms with Gasteiger partial charge in [0.15, 0.2) is 5.82 Å². The summed E-state index contributed by atoms with van der Waals surface area (Å²) in [5.74, 6) is 1.56. The smallest absolute Gasteiger partial charge is 0.257 e. The number of hydrogen-bond donors (Lipinski definition) is 0. The molecule has 26 heavy (non-hydrogen) atoms. The summed E-state index contributed by atoms with van der Waals surface area (Å²) in [5.41, 5.74) is 0.571. The van der Waals surface area contributed by atoms with E-state index in [0.29, 0.717) is 29.8 Å². The molecule has 134 valence electrons. The molecule has 0 saturated heterocycles. The normalized spacial score (nSPS) is 15.0. The first-order valence-corrected chi connectivity index (χ1v) is 8.60. The van der Waals surface area contributed by atoms with Gasteiger partial charge in [-0.15, -0.1) is 0 Å². The Labute approximate surface area is 150 Å². The van der Waals surface area contributed by atoms with Gasteiger partial charge in [-0.1, -0.05) is 0 Å². The highest BCUT2D eigenvalue weighted by Crippen LogP contribution is 2.33. The number of hydrogen-bond acceptors (Lipinski definition) is 6. The molecule has 0 bridgehead atoms. The Morgan fingerprint density at radius 3 is 2.69 bits per heavy atom.